The highest BCUT2D eigenvalue weighted by Crippen LogP contribution is 2.25. The van der Waals surface area contributed by atoms with Crippen LogP contribution in [0.4, 0.5) is 4.79 Å². The van der Waals surface area contributed by atoms with Crippen molar-refractivity contribution in [2.45, 2.75) is 44.7 Å². The summed E-state index contributed by atoms with van der Waals surface area (Å²) in [6.07, 6.45) is 8.03. The van der Waals surface area contributed by atoms with Gasteiger partial charge in [-0.15, -0.1) is 6.42 Å². The minimum absolute atomic E-state index is 0.289. The summed E-state index contributed by atoms with van der Waals surface area (Å²) in [7, 11) is 0. The molecule has 94 valence electrons. The number of carbonyl (C=O) groups is 2. The van der Waals surface area contributed by atoms with Crippen molar-refractivity contribution in [3.05, 3.63) is 0 Å². The van der Waals surface area contributed by atoms with Gasteiger partial charge in [0.2, 0.25) is 0 Å². The molecule has 0 aromatic heterocycles. The maximum atomic E-state index is 11.6. The number of amides is 2. The fraction of sp³-hybridized carbons (Fsp3) is 0.667. The fourth-order valence-corrected chi connectivity index (χ4v) is 2.06. The third kappa shape index (κ3) is 3.66. The molecule has 0 aromatic rings. The normalized spacial score (nSPS) is 24.7. The Morgan fingerprint density at radius 1 is 1.53 bits per heavy atom. The summed E-state index contributed by atoms with van der Waals surface area (Å²) in [5, 5.41) is 14.3. The summed E-state index contributed by atoms with van der Waals surface area (Å²) in [5.74, 6) is 1.12. The maximum Gasteiger partial charge on any atom is 0.316 e. The lowest BCUT2D eigenvalue weighted by Crippen LogP contribution is -2.48. The third-order valence-corrected chi connectivity index (χ3v) is 3.06. The maximum absolute atomic E-state index is 11.6. The van der Waals surface area contributed by atoms with Gasteiger partial charge < -0.3 is 15.7 Å². The molecular weight excluding hydrogens is 220 g/mol. The summed E-state index contributed by atoms with van der Waals surface area (Å²) < 4.78 is 0. The molecule has 1 fully saturated rings. The van der Waals surface area contributed by atoms with Crippen LogP contribution in [0.15, 0.2) is 0 Å². The first kappa shape index (κ1) is 13.4. The van der Waals surface area contributed by atoms with Gasteiger partial charge in [0.15, 0.2) is 0 Å². The Morgan fingerprint density at radius 3 is 2.76 bits per heavy atom. The van der Waals surface area contributed by atoms with E-state index in [0.717, 1.165) is 6.42 Å². The molecule has 3 N–H and O–H groups in total. The molecule has 1 saturated carbocycles. The van der Waals surface area contributed by atoms with Gasteiger partial charge in [0.25, 0.3) is 0 Å². The molecule has 5 nitrogen and oxygen atoms in total. The summed E-state index contributed by atoms with van der Waals surface area (Å²) in [4.78, 5) is 22.5. The summed E-state index contributed by atoms with van der Waals surface area (Å²) >= 11 is 0. The molecule has 0 bridgehead atoms. The van der Waals surface area contributed by atoms with Crippen molar-refractivity contribution in [2.24, 2.45) is 5.92 Å². The van der Waals surface area contributed by atoms with E-state index in [-0.39, 0.29) is 18.1 Å². The van der Waals surface area contributed by atoms with Crippen LogP contribution in [0.1, 0.15) is 32.6 Å². The zero-order valence-corrected chi connectivity index (χ0v) is 9.90. The molecule has 0 aromatic carbocycles. The van der Waals surface area contributed by atoms with Crippen LogP contribution in [0.25, 0.3) is 0 Å². The molecule has 0 saturated heterocycles. The smallest absolute Gasteiger partial charge is 0.316 e. The van der Waals surface area contributed by atoms with Gasteiger partial charge in [-0.3, -0.25) is 4.79 Å². The number of carbonyl (C=O) groups excluding carboxylic acids is 1. The van der Waals surface area contributed by atoms with E-state index in [1.165, 1.54) is 0 Å². The molecule has 0 spiro atoms. The van der Waals surface area contributed by atoms with Crippen LogP contribution in [0.2, 0.25) is 0 Å². The molecule has 5 heteroatoms. The zero-order chi connectivity index (χ0) is 12.8. The predicted molar refractivity (Wildman–Crippen MR) is 63.3 cm³/mol. The molecule has 17 heavy (non-hydrogen) atoms. The molecule has 1 rings (SSSR count). The Balaban J connectivity index is 2.46. The zero-order valence-electron chi connectivity index (χ0n) is 9.90. The van der Waals surface area contributed by atoms with E-state index in [0.29, 0.717) is 19.3 Å². The van der Waals surface area contributed by atoms with E-state index in [2.05, 4.69) is 16.6 Å². The van der Waals surface area contributed by atoms with Crippen molar-refractivity contribution in [3.63, 3.8) is 0 Å². The lowest BCUT2D eigenvalue weighted by Gasteiger charge is -2.19. The molecule has 0 aliphatic heterocycles. The Bertz CT molecular complexity index is 335. The van der Waals surface area contributed by atoms with Gasteiger partial charge in [-0.2, -0.15) is 0 Å². The van der Waals surface area contributed by atoms with E-state index >= 15 is 0 Å². The Hall–Kier alpha value is -1.70. The lowest BCUT2D eigenvalue weighted by atomic mass is 10.0. The predicted octanol–water partition coefficient (Wildman–Crippen LogP) is 0.951. The highest BCUT2D eigenvalue weighted by molar-refractivity contribution is 5.77. The van der Waals surface area contributed by atoms with Crippen LogP contribution < -0.4 is 10.6 Å². The number of rotatable bonds is 4. The number of urea groups is 1. The number of hydrogen-bond acceptors (Lipinski definition) is 2. The first-order valence-electron chi connectivity index (χ1n) is 5.84. The molecule has 1 aliphatic carbocycles. The molecule has 0 radical (unpaired) electrons. The van der Waals surface area contributed by atoms with E-state index in [4.69, 9.17) is 11.5 Å². The van der Waals surface area contributed by atoms with Crippen molar-refractivity contribution in [3.8, 4) is 12.3 Å². The van der Waals surface area contributed by atoms with Gasteiger partial charge >= 0.3 is 12.0 Å². The SMILES string of the molecule is C#CC(CC)NC(=O)NC1CCCC1C(=O)O. The number of hydrogen-bond donors (Lipinski definition) is 3. The van der Waals surface area contributed by atoms with Crippen LogP contribution in [0, 0.1) is 18.3 Å². The molecular formula is C12H18N2O3. The summed E-state index contributed by atoms with van der Waals surface area (Å²) in [5.41, 5.74) is 0. The number of carboxylic acids is 1. The number of terminal acetylenes is 1. The van der Waals surface area contributed by atoms with Crippen LogP contribution in [-0.4, -0.2) is 29.2 Å². The Labute approximate surface area is 101 Å². The third-order valence-electron chi connectivity index (χ3n) is 3.06. The van der Waals surface area contributed by atoms with E-state index in [1.807, 2.05) is 6.92 Å². The van der Waals surface area contributed by atoms with Crippen molar-refractivity contribution < 1.29 is 14.7 Å². The van der Waals surface area contributed by atoms with Gasteiger partial charge in [-0.25, -0.2) is 4.79 Å². The van der Waals surface area contributed by atoms with Crippen LogP contribution in [0.3, 0.4) is 0 Å². The second-order valence-corrected chi connectivity index (χ2v) is 4.23. The largest absolute Gasteiger partial charge is 0.481 e. The molecule has 1 aliphatic rings. The average molecular weight is 238 g/mol. The van der Waals surface area contributed by atoms with Crippen molar-refractivity contribution in [1.29, 1.82) is 0 Å². The Kier molecular flexibility index (Phi) is 4.83. The number of nitrogens with one attached hydrogen (secondary N) is 2. The first-order chi connectivity index (χ1) is 8.08. The average Bonchev–Trinajstić information content (AvgIpc) is 2.74. The minimum Gasteiger partial charge on any atom is -0.481 e. The number of aliphatic carboxylic acids is 1. The van der Waals surface area contributed by atoms with Crippen LogP contribution in [0.5, 0.6) is 0 Å². The van der Waals surface area contributed by atoms with Gasteiger partial charge in [-0.1, -0.05) is 19.3 Å². The summed E-state index contributed by atoms with van der Waals surface area (Å²) in [6.45, 7) is 1.88. The highest BCUT2D eigenvalue weighted by atomic mass is 16.4. The Morgan fingerprint density at radius 2 is 2.24 bits per heavy atom. The topological polar surface area (TPSA) is 78.4 Å². The van der Waals surface area contributed by atoms with Crippen molar-refractivity contribution >= 4 is 12.0 Å². The molecule has 3 atom stereocenters. The van der Waals surface area contributed by atoms with Crippen LogP contribution >= 0.6 is 0 Å². The molecule has 2 amide bonds. The molecule has 3 unspecified atom stereocenters. The van der Waals surface area contributed by atoms with Gasteiger partial charge in [-0.05, 0) is 19.3 Å². The number of carboxylic acid groups (broad SMARTS) is 1. The first-order valence-corrected chi connectivity index (χ1v) is 5.84. The summed E-state index contributed by atoms with van der Waals surface area (Å²) in [6, 6.07) is -0.976. The minimum atomic E-state index is -0.850. The quantitative estimate of drug-likeness (QED) is 0.638. The second kappa shape index (κ2) is 6.14. The van der Waals surface area contributed by atoms with E-state index < -0.39 is 11.9 Å². The molecule has 0 heterocycles. The standard InChI is InChI=1S/C12H18N2O3/c1-3-8(4-2)13-12(17)14-10-7-5-6-9(10)11(15)16/h1,8-10H,4-7H2,2H3,(H,15,16)(H2,13,14,17). The fourth-order valence-electron chi connectivity index (χ4n) is 2.06. The highest BCUT2D eigenvalue weighted by Gasteiger charge is 2.33. The van der Waals surface area contributed by atoms with E-state index in [1.54, 1.807) is 0 Å². The van der Waals surface area contributed by atoms with Crippen molar-refractivity contribution in [2.75, 3.05) is 0 Å². The van der Waals surface area contributed by atoms with Gasteiger partial charge in [0.05, 0.1) is 12.0 Å². The monoisotopic (exact) mass is 238 g/mol. The van der Waals surface area contributed by atoms with E-state index in [9.17, 15) is 9.59 Å². The van der Waals surface area contributed by atoms with Crippen LogP contribution in [-0.2, 0) is 4.79 Å². The lowest BCUT2D eigenvalue weighted by molar-refractivity contribution is -0.142. The van der Waals surface area contributed by atoms with Gasteiger partial charge in [0, 0.05) is 6.04 Å². The second-order valence-electron chi connectivity index (χ2n) is 4.23. The van der Waals surface area contributed by atoms with Gasteiger partial charge in [0.1, 0.15) is 0 Å². The van der Waals surface area contributed by atoms with Crippen molar-refractivity contribution in [1.82, 2.24) is 10.6 Å².